The second-order valence-corrected chi connectivity index (χ2v) is 5.73. The van der Waals surface area contributed by atoms with Gasteiger partial charge in [0.25, 0.3) is 0 Å². The van der Waals surface area contributed by atoms with Crippen molar-refractivity contribution in [2.24, 2.45) is 0 Å². The Labute approximate surface area is 119 Å². The molecule has 1 aromatic heterocycles. The molecule has 2 N–H and O–H groups in total. The number of hydrogen-bond acceptors (Lipinski definition) is 4. The Morgan fingerprint density at radius 1 is 1.20 bits per heavy atom. The standard InChI is InChI=1S/C15H21N5/c1-10-5-4-6-13(7-10)14-17-15(19-18-14)20-8-11(2)16-12(3)9-20/h4-7,11-12,16H,8-9H2,1-3H3,(H,17,18,19). The van der Waals surface area contributed by atoms with Gasteiger partial charge in [-0.3, -0.25) is 5.10 Å². The number of benzene rings is 1. The number of aromatic nitrogens is 3. The summed E-state index contributed by atoms with van der Waals surface area (Å²) in [7, 11) is 0. The van der Waals surface area contributed by atoms with Crippen molar-refractivity contribution >= 4 is 5.95 Å². The van der Waals surface area contributed by atoms with Gasteiger partial charge in [-0.25, -0.2) is 0 Å². The van der Waals surface area contributed by atoms with Gasteiger partial charge in [0.2, 0.25) is 5.95 Å². The maximum absolute atomic E-state index is 4.65. The quantitative estimate of drug-likeness (QED) is 0.877. The van der Waals surface area contributed by atoms with Crippen LogP contribution in [0.1, 0.15) is 19.4 Å². The van der Waals surface area contributed by atoms with Crippen LogP contribution in [0.2, 0.25) is 0 Å². The first-order valence-electron chi connectivity index (χ1n) is 7.12. The molecule has 0 amide bonds. The third-order valence-electron chi connectivity index (χ3n) is 3.61. The van der Waals surface area contributed by atoms with Gasteiger partial charge in [-0.15, -0.1) is 5.10 Å². The molecule has 0 spiro atoms. The summed E-state index contributed by atoms with van der Waals surface area (Å²) in [5.74, 6) is 1.63. The first-order chi connectivity index (χ1) is 9.61. The Morgan fingerprint density at radius 3 is 2.65 bits per heavy atom. The molecule has 0 radical (unpaired) electrons. The van der Waals surface area contributed by atoms with Crippen LogP contribution in [0.5, 0.6) is 0 Å². The lowest BCUT2D eigenvalue weighted by Crippen LogP contribution is -2.54. The van der Waals surface area contributed by atoms with Crippen LogP contribution in [0.4, 0.5) is 5.95 Å². The SMILES string of the molecule is Cc1cccc(-c2nc(N3CC(C)NC(C)C3)n[nH]2)c1. The van der Waals surface area contributed by atoms with Crippen LogP contribution in [0.15, 0.2) is 24.3 Å². The van der Waals surface area contributed by atoms with Gasteiger partial charge in [-0.2, -0.15) is 4.98 Å². The molecule has 0 bridgehead atoms. The molecule has 3 rings (SSSR count). The molecule has 1 aliphatic rings. The smallest absolute Gasteiger partial charge is 0.245 e. The fourth-order valence-corrected chi connectivity index (χ4v) is 2.81. The summed E-state index contributed by atoms with van der Waals surface area (Å²) in [4.78, 5) is 6.88. The van der Waals surface area contributed by atoms with E-state index < -0.39 is 0 Å². The Bertz CT molecular complexity index is 581. The molecule has 20 heavy (non-hydrogen) atoms. The van der Waals surface area contributed by atoms with E-state index in [1.807, 2.05) is 6.07 Å². The maximum atomic E-state index is 4.65. The van der Waals surface area contributed by atoms with Gasteiger partial charge >= 0.3 is 0 Å². The summed E-state index contributed by atoms with van der Waals surface area (Å²) < 4.78 is 0. The van der Waals surface area contributed by atoms with Gasteiger partial charge in [0.05, 0.1) is 0 Å². The summed E-state index contributed by atoms with van der Waals surface area (Å²) in [6.07, 6.45) is 0. The lowest BCUT2D eigenvalue weighted by atomic mass is 10.1. The van der Waals surface area contributed by atoms with Gasteiger partial charge < -0.3 is 10.2 Å². The number of nitrogens with zero attached hydrogens (tertiary/aromatic N) is 3. The molecular weight excluding hydrogens is 250 g/mol. The molecule has 1 aromatic carbocycles. The number of hydrogen-bond donors (Lipinski definition) is 2. The maximum Gasteiger partial charge on any atom is 0.245 e. The third-order valence-corrected chi connectivity index (χ3v) is 3.61. The zero-order valence-electron chi connectivity index (χ0n) is 12.2. The molecule has 0 saturated carbocycles. The van der Waals surface area contributed by atoms with Crippen molar-refractivity contribution in [3.63, 3.8) is 0 Å². The van der Waals surface area contributed by atoms with Crippen LogP contribution in [-0.4, -0.2) is 40.4 Å². The molecule has 0 aliphatic carbocycles. The van der Waals surface area contributed by atoms with Crippen molar-refractivity contribution < 1.29 is 0 Å². The van der Waals surface area contributed by atoms with Gasteiger partial charge in [-0.05, 0) is 26.8 Å². The normalized spacial score (nSPS) is 23.1. The number of H-pyrrole nitrogens is 1. The van der Waals surface area contributed by atoms with Gasteiger partial charge in [-0.1, -0.05) is 23.8 Å². The molecule has 2 atom stereocenters. The molecule has 1 aliphatic heterocycles. The largest absolute Gasteiger partial charge is 0.336 e. The molecule has 2 unspecified atom stereocenters. The van der Waals surface area contributed by atoms with Gasteiger partial charge in [0.15, 0.2) is 5.82 Å². The van der Waals surface area contributed by atoms with E-state index in [2.05, 4.69) is 64.4 Å². The highest BCUT2D eigenvalue weighted by molar-refractivity contribution is 5.57. The Kier molecular flexibility index (Phi) is 3.44. The van der Waals surface area contributed by atoms with E-state index >= 15 is 0 Å². The number of anilines is 1. The molecular formula is C15H21N5. The summed E-state index contributed by atoms with van der Waals surface area (Å²) in [6, 6.07) is 9.22. The number of piperazine rings is 1. The number of aromatic amines is 1. The van der Waals surface area contributed by atoms with Crippen molar-refractivity contribution in [2.45, 2.75) is 32.9 Å². The van der Waals surface area contributed by atoms with Crippen LogP contribution in [-0.2, 0) is 0 Å². The summed E-state index contributed by atoms with van der Waals surface area (Å²) in [6.45, 7) is 8.35. The van der Waals surface area contributed by atoms with E-state index in [-0.39, 0.29) is 0 Å². The minimum Gasteiger partial charge on any atom is -0.336 e. The average molecular weight is 271 g/mol. The van der Waals surface area contributed by atoms with Gasteiger partial charge in [0, 0.05) is 30.7 Å². The minimum absolute atomic E-state index is 0.458. The van der Waals surface area contributed by atoms with Crippen LogP contribution < -0.4 is 10.2 Å². The lowest BCUT2D eigenvalue weighted by molar-refractivity contribution is 0.403. The fraction of sp³-hybridized carbons (Fsp3) is 0.467. The second-order valence-electron chi connectivity index (χ2n) is 5.73. The zero-order valence-corrected chi connectivity index (χ0v) is 12.2. The third kappa shape index (κ3) is 2.67. The highest BCUT2D eigenvalue weighted by Crippen LogP contribution is 2.20. The zero-order chi connectivity index (χ0) is 14.1. The molecule has 1 saturated heterocycles. The summed E-state index contributed by atoms with van der Waals surface area (Å²) in [5, 5.41) is 10.9. The molecule has 5 nitrogen and oxygen atoms in total. The molecule has 2 heterocycles. The average Bonchev–Trinajstić information content (AvgIpc) is 2.87. The van der Waals surface area contributed by atoms with Crippen molar-refractivity contribution in [1.29, 1.82) is 0 Å². The summed E-state index contributed by atoms with van der Waals surface area (Å²) in [5.41, 5.74) is 2.31. The summed E-state index contributed by atoms with van der Waals surface area (Å²) >= 11 is 0. The predicted molar refractivity (Wildman–Crippen MR) is 80.8 cm³/mol. The lowest BCUT2D eigenvalue weighted by Gasteiger charge is -2.35. The number of rotatable bonds is 2. The number of aryl methyl sites for hydroxylation is 1. The van der Waals surface area contributed by atoms with E-state index in [9.17, 15) is 0 Å². The highest BCUT2D eigenvalue weighted by atomic mass is 15.4. The fourth-order valence-electron chi connectivity index (χ4n) is 2.81. The van der Waals surface area contributed by atoms with Crippen LogP contribution in [0.3, 0.4) is 0 Å². The molecule has 1 fully saturated rings. The van der Waals surface area contributed by atoms with E-state index in [4.69, 9.17) is 0 Å². The second kappa shape index (κ2) is 5.25. The monoisotopic (exact) mass is 271 g/mol. The molecule has 106 valence electrons. The van der Waals surface area contributed by atoms with Crippen molar-refractivity contribution in [3.05, 3.63) is 29.8 Å². The van der Waals surface area contributed by atoms with Crippen molar-refractivity contribution in [1.82, 2.24) is 20.5 Å². The Morgan fingerprint density at radius 2 is 1.95 bits per heavy atom. The van der Waals surface area contributed by atoms with Crippen LogP contribution >= 0.6 is 0 Å². The van der Waals surface area contributed by atoms with E-state index in [0.717, 1.165) is 30.4 Å². The molecule has 2 aromatic rings. The Hall–Kier alpha value is -1.88. The van der Waals surface area contributed by atoms with E-state index in [1.165, 1.54) is 5.56 Å². The van der Waals surface area contributed by atoms with E-state index in [1.54, 1.807) is 0 Å². The first-order valence-corrected chi connectivity index (χ1v) is 7.12. The van der Waals surface area contributed by atoms with E-state index in [0.29, 0.717) is 12.1 Å². The van der Waals surface area contributed by atoms with Crippen LogP contribution in [0.25, 0.3) is 11.4 Å². The topological polar surface area (TPSA) is 56.8 Å². The van der Waals surface area contributed by atoms with Gasteiger partial charge in [0.1, 0.15) is 0 Å². The first kappa shape index (κ1) is 13.1. The van der Waals surface area contributed by atoms with Crippen molar-refractivity contribution in [3.8, 4) is 11.4 Å². The van der Waals surface area contributed by atoms with Crippen molar-refractivity contribution in [2.75, 3.05) is 18.0 Å². The van der Waals surface area contributed by atoms with Crippen LogP contribution in [0, 0.1) is 6.92 Å². The minimum atomic E-state index is 0.458. The Balaban J connectivity index is 1.83. The number of nitrogens with one attached hydrogen (secondary N) is 2. The molecule has 5 heteroatoms. The predicted octanol–water partition coefficient (Wildman–Crippen LogP) is 1.97. The highest BCUT2D eigenvalue weighted by Gasteiger charge is 2.23.